The highest BCUT2D eigenvalue weighted by atomic mass is 32.2. The second kappa shape index (κ2) is 5.31. The predicted octanol–water partition coefficient (Wildman–Crippen LogP) is 0.997. The van der Waals surface area contributed by atoms with Gasteiger partial charge in [-0.25, -0.2) is 8.42 Å². The maximum atomic E-state index is 13.0. The Hall–Kier alpha value is -1.02. The minimum atomic E-state index is -3.64. The molecule has 0 amide bonds. The molecule has 114 valence electrons. The fourth-order valence-electron chi connectivity index (χ4n) is 3.51. The van der Waals surface area contributed by atoms with Gasteiger partial charge in [0, 0.05) is 17.6 Å². The van der Waals surface area contributed by atoms with Crippen LogP contribution in [-0.2, 0) is 10.0 Å². The number of aliphatic hydroxyl groups excluding tert-OH is 1. The SMILES string of the molecule is NC(=S)c1ccccc1S(=O)(=O)N1C2CCC1CC(O)C2. The molecule has 3 N–H and O–H groups in total. The lowest BCUT2D eigenvalue weighted by Crippen LogP contribution is -2.48. The molecule has 5 nitrogen and oxygen atoms in total. The third-order valence-electron chi connectivity index (χ3n) is 4.35. The van der Waals surface area contributed by atoms with Gasteiger partial charge in [-0.05, 0) is 31.7 Å². The Labute approximate surface area is 129 Å². The van der Waals surface area contributed by atoms with Gasteiger partial charge in [-0.2, -0.15) is 4.31 Å². The number of nitrogens with zero attached hydrogens (tertiary/aromatic N) is 1. The average molecular weight is 326 g/mol. The quantitative estimate of drug-likeness (QED) is 0.810. The van der Waals surface area contributed by atoms with E-state index in [1.54, 1.807) is 28.6 Å². The largest absolute Gasteiger partial charge is 0.393 e. The molecule has 0 saturated carbocycles. The number of nitrogens with two attached hydrogens (primary N) is 1. The summed E-state index contributed by atoms with van der Waals surface area (Å²) in [5.74, 6) is 0. The minimum absolute atomic E-state index is 0.0820. The summed E-state index contributed by atoms with van der Waals surface area (Å²) < 4.78 is 27.6. The Morgan fingerprint density at radius 2 is 1.81 bits per heavy atom. The number of hydrogen-bond donors (Lipinski definition) is 2. The maximum Gasteiger partial charge on any atom is 0.244 e. The summed E-state index contributed by atoms with van der Waals surface area (Å²) in [6, 6.07) is 6.34. The first-order chi connectivity index (χ1) is 9.91. The fraction of sp³-hybridized carbons (Fsp3) is 0.500. The second-order valence-electron chi connectivity index (χ2n) is 5.71. The molecule has 2 saturated heterocycles. The van der Waals surface area contributed by atoms with Crippen molar-refractivity contribution in [3.63, 3.8) is 0 Å². The molecule has 1 aromatic carbocycles. The highest BCUT2D eigenvalue weighted by Gasteiger charge is 2.47. The molecule has 21 heavy (non-hydrogen) atoms. The Morgan fingerprint density at radius 1 is 1.24 bits per heavy atom. The van der Waals surface area contributed by atoms with Crippen molar-refractivity contribution in [3.8, 4) is 0 Å². The molecule has 2 unspecified atom stereocenters. The van der Waals surface area contributed by atoms with Gasteiger partial charge in [0.1, 0.15) is 4.99 Å². The zero-order chi connectivity index (χ0) is 15.2. The summed E-state index contributed by atoms with van der Waals surface area (Å²) in [5, 5.41) is 9.82. The number of fused-ring (bicyclic) bond motifs is 2. The Balaban J connectivity index is 2.05. The zero-order valence-electron chi connectivity index (χ0n) is 11.5. The van der Waals surface area contributed by atoms with Gasteiger partial charge in [0.05, 0.1) is 11.0 Å². The Kier molecular flexibility index (Phi) is 3.77. The summed E-state index contributed by atoms with van der Waals surface area (Å²) >= 11 is 4.97. The lowest BCUT2D eigenvalue weighted by atomic mass is 10.0. The second-order valence-corrected chi connectivity index (χ2v) is 7.96. The van der Waals surface area contributed by atoms with Gasteiger partial charge in [-0.3, -0.25) is 0 Å². The van der Waals surface area contributed by atoms with Crippen LogP contribution >= 0.6 is 12.2 Å². The van der Waals surface area contributed by atoms with E-state index in [1.807, 2.05) is 0 Å². The van der Waals surface area contributed by atoms with Crippen LogP contribution in [0.1, 0.15) is 31.2 Å². The first-order valence-corrected chi connectivity index (χ1v) is 8.86. The molecule has 3 rings (SSSR count). The summed E-state index contributed by atoms with van der Waals surface area (Å²) in [7, 11) is -3.64. The van der Waals surface area contributed by atoms with Gasteiger partial charge in [-0.15, -0.1) is 0 Å². The number of thiocarbonyl (C=S) groups is 1. The topological polar surface area (TPSA) is 83.6 Å². The fourth-order valence-corrected chi connectivity index (χ4v) is 5.85. The van der Waals surface area contributed by atoms with E-state index in [-0.39, 0.29) is 22.0 Å². The molecule has 2 bridgehead atoms. The van der Waals surface area contributed by atoms with Crippen LogP contribution in [0.25, 0.3) is 0 Å². The van der Waals surface area contributed by atoms with Crippen molar-refractivity contribution in [3.05, 3.63) is 29.8 Å². The van der Waals surface area contributed by atoms with Crippen molar-refractivity contribution >= 4 is 27.2 Å². The van der Waals surface area contributed by atoms with E-state index in [0.717, 1.165) is 12.8 Å². The first-order valence-electron chi connectivity index (χ1n) is 7.01. The molecular formula is C14H18N2O3S2. The average Bonchev–Trinajstić information content (AvgIpc) is 2.72. The number of piperidine rings is 1. The molecule has 2 atom stereocenters. The molecule has 0 radical (unpaired) electrons. The van der Waals surface area contributed by atoms with Gasteiger partial charge in [0.25, 0.3) is 0 Å². The number of rotatable bonds is 3. The minimum Gasteiger partial charge on any atom is -0.393 e. The predicted molar refractivity (Wildman–Crippen MR) is 83.4 cm³/mol. The van der Waals surface area contributed by atoms with E-state index in [2.05, 4.69) is 0 Å². The van der Waals surface area contributed by atoms with Gasteiger partial charge >= 0.3 is 0 Å². The van der Waals surface area contributed by atoms with E-state index in [1.165, 1.54) is 0 Å². The Bertz CT molecular complexity index is 661. The van der Waals surface area contributed by atoms with Crippen molar-refractivity contribution < 1.29 is 13.5 Å². The molecule has 2 heterocycles. The van der Waals surface area contributed by atoms with E-state index in [0.29, 0.717) is 18.4 Å². The molecule has 7 heteroatoms. The highest BCUT2D eigenvalue weighted by Crippen LogP contribution is 2.40. The van der Waals surface area contributed by atoms with Gasteiger partial charge in [0.15, 0.2) is 0 Å². The smallest absolute Gasteiger partial charge is 0.244 e. The molecule has 2 fully saturated rings. The zero-order valence-corrected chi connectivity index (χ0v) is 13.1. The molecule has 2 aliphatic heterocycles. The maximum absolute atomic E-state index is 13.0. The lowest BCUT2D eigenvalue weighted by molar-refractivity contribution is 0.0769. The van der Waals surface area contributed by atoms with Gasteiger partial charge < -0.3 is 10.8 Å². The summed E-state index contributed by atoms with van der Waals surface area (Å²) in [5.41, 5.74) is 6.04. The van der Waals surface area contributed by atoms with Gasteiger partial charge in [0.2, 0.25) is 10.0 Å². The van der Waals surface area contributed by atoms with Crippen molar-refractivity contribution in [1.82, 2.24) is 4.31 Å². The summed E-state index contributed by atoms with van der Waals surface area (Å²) in [4.78, 5) is 0.254. The van der Waals surface area contributed by atoms with E-state index >= 15 is 0 Å². The number of benzene rings is 1. The van der Waals surface area contributed by atoms with E-state index in [9.17, 15) is 13.5 Å². The third-order valence-corrected chi connectivity index (χ3v) is 6.63. The summed E-state index contributed by atoms with van der Waals surface area (Å²) in [6.45, 7) is 0. The first kappa shape index (κ1) is 14.9. The van der Waals surface area contributed by atoms with Crippen molar-refractivity contribution in [2.75, 3.05) is 0 Å². The Morgan fingerprint density at radius 3 is 2.38 bits per heavy atom. The van der Waals surface area contributed by atoms with Crippen LogP contribution in [0.3, 0.4) is 0 Å². The van der Waals surface area contributed by atoms with Crippen LogP contribution in [0.2, 0.25) is 0 Å². The van der Waals surface area contributed by atoms with Crippen molar-refractivity contribution in [1.29, 1.82) is 0 Å². The van der Waals surface area contributed by atoms with Crippen LogP contribution in [0.4, 0.5) is 0 Å². The molecule has 0 aromatic heterocycles. The normalized spacial score (nSPS) is 29.5. The molecule has 0 aliphatic carbocycles. The van der Waals surface area contributed by atoms with Crippen LogP contribution in [0.15, 0.2) is 29.2 Å². The number of sulfonamides is 1. The van der Waals surface area contributed by atoms with E-state index < -0.39 is 16.1 Å². The van der Waals surface area contributed by atoms with Crippen LogP contribution < -0.4 is 5.73 Å². The van der Waals surface area contributed by atoms with Crippen LogP contribution in [0, 0.1) is 0 Å². The number of hydrogen-bond acceptors (Lipinski definition) is 4. The van der Waals surface area contributed by atoms with E-state index in [4.69, 9.17) is 18.0 Å². The van der Waals surface area contributed by atoms with Crippen molar-refractivity contribution in [2.24, 2.45) is 5.73 Å². The van der Waals surface area contributed by atoms with Gasteiger partial charge in [-0.1, -0.05) is 30.4 Å². The standard InChI is InChI=1S/C14H18N2O3S2/c15-14(20)12-3-1-2-4-13(12)21(18,19)16-9-5-6-10(16)8-11(17)7-9/h1-4,9-11,17H,5-8H2,(H2,15,20). The molecule has 0 spiro atoms. The number of aliphatic hydroxyl groups is 1. The third kappa shape index (κ3) is 2.48. The summed E-state index contributed by atoms with van der Waals surface area (Å²) in [6.07, 6.45) is 2.21. The highest BCUT2D eigenvalue weighted by molar-refractivity contribution is 7.89. The van der Waals surface area contributed by atoms with Crippen LogP contribution in [-0.4, -0.2) is 41.0 Å². The molecule has 2 aliphatic rings. The molecular weight excluding hydrogens is 308 g/mol. The monoisotopic (exact) mass is 326 g/mol. The van der Waals surface area contributed by atoms with Crippen molar-refractivity contribution in [2.45, 2.75) is 48.8 Å². The van der Waals surface area contributed by atoms with Crippen LogP contribution in [0.5, 0.6) is 0 Å². The lowest BCUT2D eigenvalue weighted by Gasteiger charge is -2.36. The molecule has 1 aromatic rings.